The molecule has 2 saturated heterocycles. The lowest BCUT2D eigenvalue weighted by Crippen LogP contribution is -2.55. The highest BCUT2D eigenvalue weighted by Gasteiger charge is 2.48. The number of carbonyl (C=O) groups is 3. The molecule has 1 aromatic rings. The second-order valence-electron chi connectivity index (χ2n) is 8.58. The molecule has 3 aliphatic rings. The molecule has 0 radical (unpaired) electrons. The first-order valence-corrected chi connectivity index (χ1v) is 11.6. The van der Waals surface area contributed by atoms with Crippen LogP contribution in [0.2, 0.25) is 0 Å². The Bertz CT molecular complexity index is 806. The van der Waals surface area contributed by atoms with E-state index < -0.39 is 12.1 Å². The zero-order chi connectivity index (χ0) is 20.5. The first kappa shape index (κ1) is 20.3. The van der Waals surface area contributed by atoms with Crippen LogP contribution in [0.15, 0.2) is 24.3 Å². The van der Waals surface area contributed by atoms with Crippen LogP contribution in [0.5, 0.6) is 0 Å². The molecule has 7 heteroatoms. The molecule has 2 fully saturated rings. The number of rotatable bonds is 5. The second-order valence-corrected chi connectivity index (χ2v) is 9.69. The third kappa shape index (κ3) is 3.89. The van der Waals surface area contributed by atoms with Gasteiger partial charge in [-0.15, -0.1) is 11.8 Å². The molecule has 0 bridgehead atoms. The van der Waals surface area contributed by atoms with Gasteiger partial charge in [-0.05, 0) is 43.2 Å². The van der Waals surface area contributed by atoms with Gasteiger partial charge >= 0.3 is 0 Å². The van der Waals surface area contributed by atoms with E-state index in [4.69, 9.17) is 0 Å². The third-order valence-electron chi connectivity index (χ3n) is 5.98. The predicted molar refractivity (Wildman–Crippen MR) is 113 cm³/mol. The molecule has 156 valence electrons. The Hall–Kier alpha value is -2.02. The molecule has 3 unspecified atom stereocenters. The number of piperidine rings is 1. The summed E-state index contributed by atoms with van der Waals surface area (Å²) in [7, 11) is 0. The molecule has 0 spiro atoms. The van der Waals surface area contributed by atoms with Crippen molar-refractivity contribution in [3.05, 3.63) is 35.4 Å². The van der Waals surface area contributed by atoms with E-state index in [1.165, 1.54) is 0 Å². The molecule has 3 heterocycles. The van der Waals surface area contributed by atoms with Crippen LogP contribution in [0.4, 0.5) is 0 Å². The SMILES string of the molecule is CC(C)CC(NC(=O)C1CSC2c3ccccc3C(=O)N12)C(=O)N1CCCCC1. The average Bonchev–Trinajstić information content (AvgIpc) is 3.28. The maximum atomic E-state index is 13.2. The van der Waals surface area contributed by atoms with Crippen molar-refractivity contribution in [3.8, 4) is 0 Å². The van der Waals surface area contributed by atoms with Crippen LogP contribution in [-0.2, 0) is 9.59 Å². The minimum absolute atomic E-state index is 0.0185. The van der Waals surface area contributed by atoms with Gasteiger partial charge in [0.15, 0.2) is 0 Å². The maximum Gasteiger partial charge on any atom is 0.256 e. The standard InChI is InChI=1S/C22H29N3O3S/c1-14(2)12-17(21(28)24-10-6-3-7-11-24)23-19(26)18-13-29-22-16-9-5-4-8-15(16)20(27)25(18)22/h4-5,8-9,14,17-18,22H,3,6-7,10-13H2,1-2H3,(H,23,26). The Balaban J connectivity index is 1.48. The van der Waals surface area contributed by atoms with Crippen molar-refractivity contribution in [3.63, 3.8) is 0 Å². The summed E-state index contributed by atoms with van der Waals surface area (Å²) < 4.78 is 0. The van der Waals surface area contributed by atoms with Crippen LogP contribution < -0.4 is 5.32 Å². The van der Waals surface area contributed by atoms with Gasteiger partial charge in [-0.2, -0.15) is 0 Å². The van der Waals surface area contributed by atoms with E-state index >= 15 is 0 Å². The van der Waals surface area contributed by atoms with Gasteiger partial charge in [0.25, 0.3) is 5.91 Å². The molecule has 6 nitrogen and oxygen atoms in total. The molecule has 0 saturated carbocycles. The van der Waals surface area contributed by atoms with Crippen LogP contribution in [0.25, 0.3) is 0 Å². The van der Waals surface area contributed by atoms with Crippen molar-refractivity contribution in [2.45, 2.75) is 57.0 Å². The molecule has 0 aromatic heterocycles. The molecular weight excluding hydrogens is 386 g/mol. The first-order chi connectivity index (χ1) is 14.0. The number of benzene rings is 1. The van der Waals surface area contributed by atoms with Gasteiger partial charge in [-0.25, -0.2) is 0 Å². The molecule has 3 amide bonds. The summed E-state index contributed by atoms with van der Waals surface area (Å²) >= 11 is 1.62. The van der Waals surface area contributed by atoms with Crippen molar-refractivity contribution < 1.29 is 14.4 Å². The fraction of sp³-hybridized carbons (Fsp3) is 0.591. The van der Waals surface area contributed by atoms with Crippen LogP contribution in [0.3, 0.4) is 0 Å². The number of nitrogens with one attached hydrogen (secondary N) is 1. The van der Waals surface area contributed by atoms with Crippen LogP contribution >= 0.6 is 11.8 Å². The van der Waals surface area contributed by atoms with E-state index in [0.29, 0.717) is 17.7 Å². The second kappa shape index (κ2) is 8.38. The predicted octanol–water partition coefficient (Wildman–Crippen LogP) is 2.80. The molecule has 3 aliphatic heterocycles. The van der Waals surface area contributed by atoms with E-state index in [1.807, 2.05) is 29.2 Å². The number of hydrogen-bond donors (Lipinski definition) is 1. The zero-order valence-electron chi connectivity index (χ0n) is 17.1. The number of thioether (sulfide) groups is 1. The normalized spacial score (nSPS) is 24.4. The number of hydrogen-bond acceptors (Lipinski definition) is 4. The Labute approximate surface area is 176 Å². The molecule has 1 aromatic carbocycles. The molecule has 0 aliphatic carbocycles. The van der Waals surface area contributed by atoms with E-state index in [0.717, 1.165) is 37.9 Å². The molecule has 3 atom stereocenters. The van der Waals surface area contributed by atoms with Crippen molar-refractivity contribution in [1.29, 1.82) is 0 Å². The topological polar surface area (TPSA) is 69.7 Å². The highest BCUT2D eigenvalue weighted by atomic mass is 32.2. The summed E-state index contributed by atoms with van der Waals surface area (Å²) in [4.78, 5) is 42.7. The Morgan fingerprint density at radius 3 is 2.62 bits per heavy atom. The van der Waals surface area contributed by atoms with Crippen LogP contribution in [0.1, 0.15) is 60.8 Å². The minimum atomic E-state index is -0.534. The van der Waals surface area contributed by atoms with E-state index in [2.05, 4.69) is 19.2 Å². The van der Waals surface area contributed by atoms with Gasteiger partial charge in [-0.1, -0.05) is 32.0 Å². The smallest absolute Gasteiger partial charge is 0.256 e. The minimum Gasteiger partial charge on any atom is -0.342 e. The van der Waals surface area contributed by atoms with Gasteiger partial charge in [-0.3, -0.25) is 14.4 Å². The van der Waals surface area contributed by atoms with Crippen LogP contribution in [-0.4, -0.2) is 58.4 Å². The number of fused-ring (bicyclic) bond motifs is 3. The lowest BCUT2D eigenvalue weighted by atomic mass is 10.0. The highest BCUT2D eigenvalue weighted by molar-refractivity contribution is 7.99. The molecule has 1 N–H and O–H groups in total. The van der Waals surface area contributed by atoms with Crippen molar-refractivity contribution in [2.75, 3.05) is 18.8 Å². The Morgan fingerprint density at radius 2 is 1.90 bits per heavy atom. The highest BCUT2D eigenvalue weighted by Crippen LogP contribution is 2.48. The summed E-state index contributed by atoms with van der Waals surface area (Å²) in [6.07, 6.45) is 3.81. The fourth-order valence-corrected chi connectivity index (χ4v) is 6.00. The maximum absolute atomic E-state index is 13.2. The van der Waals surface area contributed by atoms with E-state index in [9.17, 15) is 14.4 Å². The number of carbonyl (C=O) groups excluding carboxylic acids is 3. The van der Waals surface area contributed by atoms with Crippen molar-refractivity contribution in [1.82, 2.24) is 15.1 Å². The third-order valence-corrected chi connectivity index (χ3v) is 7.29. The van der Waals surface area contributed by atoms with Crippen LogP contribution in [0, 0.1) is 5.92 Å². The first-order valence-electron chi connectivity index (χ1n) is 10.6. The molecular formula is C22H29N3O3S. The largest absolute Gasteiger partial charge is 0.342 e. The Kier molecular flexibility index (Phi) is 5.86. The quantitative estimate of drug-likeness (QED) is 0.803. The summed E-state index contributed by atoms with van der Waals surface area (Å²) in [6.45, 7) is 5.66. The summed E-state index contributed by atoms with van der Waals surface area (Å²) in [5.74, 6) is 0.571. The zero-order valence-corrected chi connectivity index (χ0v) is 17.9. The number of amides is 3. The van der Waals surface area contributed by atoms with Gasteiger partial charge in [0.2, 0.25) is 11.8 Å². The summed E-state index contributed by atoms with van der Waals surface area (Å²) in [5, 5.41) is 2.91. The lowest BCUT2D eigenvalue weighted by molar-refractivity contribution is -0.138. The van der Waals surface area contributed by atoms with Gasteiger partial charge in [0, 0.05) is 24.4 Å². The van der Waals surface area contributed by atoms with Gasteiger partial charge in [0.1, 0.15) is 17.5 Å². The molecule has 4 rings (SSSR count). The van der Waals surface area contributed by atoms with Gasteiger partial charge in [0.05, 0.1) is 0 Å². The Morgan fingerprint density at radius 1 is 1.17 bits per heavy atom. The number of likely N-dealkylation sites (tertiary alicyclic amines) is 1. The number of nitrogens with zero attached hydrogens (tertiary/aromatic N) is 2. The van der Waals surface area contributed by atoms with Crippen molar-refractivity contribution in [2.24, 2.45) is 5.92 Å². The van der Waals surface area contributed by atoms with E-state index in [-0.39, 0.29) is 29.0 Å². The fourth-order valence-electron chi connectivity index (χ4n) is 4.54. The average molecular weight is 416 g/mol. The van der Waals surface area contributed by atoms with E-state index in [1.54, 1.807) is 16.7 Å². The molecule has 29 heavy (non-hydrogen) atoms. The monoisotopic (exact) mass is 415 g/mol. The van der Waals surface area contributed by atoms with Crippen molar-refractivity contribution >= 4 is 29.5 Å². The summed E-state index contributed by atoms with van der Waals surface area (Å²) in [5.41, 5.74) is 1.67. The van der Waals surface area contributed by atoms with Gasteiger partial charge < -0.3 is 15.1 Å². The lowest BCUT2D eigenvalue weighted by Gasteiger charge is -2.32. The summed E-state index contributed by atoms with van der Waals surface area (Å²) in [6, 6.07) is 6.52.